The number of alkyl halides is 1. The number of imide groups is 1. The molecule has 2 aliphatic rings. The van der Waals surface area contributed by atoms with Crippen molar-refractivity contribution in [1.29, 1.82) is 0 Å². The molecule has 5 nitrogen and oxygen atoms in total. The molecule has 0 spiro atoms. The molecule has 2 aliphatic heterocycles. The van der Waals surface area contributed by atoms with E-state index in [1.807, 2.05) is 0 Å². The number of carbonyl (C=O) groups is 2. The first-order valence-electron chi connectivity index (χ1n) is 6.50. The number of halogens is 1. The summed E-state index contributed by atoms with van der Waals surface area (Å²) < 4.78 is -0.525. The molecule has 2 saturated heterocycles. The Labute approximate surface area is 121 Å². The van der Waals surface area contributed by atoms with Crippen molar-refractivity contribution in [2.75, 3.05) is 19.6 Å². The first-order valence-corrected chi connectivity index (χ1v) is 7.75. The lowest BCUT2D eigenvalue weighted by Crippen LogP contribution is -2.71. The van der Waals surface area contributed by atoms with Crippen LogP contribution in [0.4, 0.5) is 4.79 Å². The number of carbonyl (C=O) groups excluding carboxylic acids is 1. The third-order valence-corrected chi connectivity index (χ3v) is 5.48. The third-order valence-electron chi connectivity index (χ3n) is 4.32. The Balaban J connectivity index is 2.36. The Bertz CT molecular complexity index is 363. The van der Waals surface area contributed by atoms with Crippen LogP contribution in [0.3, 0.4) is 0 Å². The van der Waals surface area contributed by atoms with E-state index in [9.17, 15) is 14.7 Å². The Morgan fingerprint density at radius 2 is 2.22 bits per heavy atom. The number of carboxylic acid groups (broad SMARTS) is 1. The molecule has 0 radical (unpaired) electrons. The standard InChI is InChI=1S/C12H19IN2O3/c1-8-4-5-14-7-10(8)15(12(17)18)6-2-3-9(13)11(15)16/h8-10,14H,2-7H2,1H3/p+1. The molecule has 2 N–H and O–H groups in total. The molecular formula is C12H20IN2O3+. The molecule has 4 unspecified atom stereocenters. The maximum absolute atomic E-state index is 12.5. The van der Waals surface area contributed by atoms with E-state index in [0.29, 0.717) is 13.1 Å². The zero-order valence-electron chi connectivity index (χ0n) is 10.6. The summed E-state index contributed by atoms with van der Waals surface area (Å²) in [6.07, 6.45) is 1.59. The van der Waals surface area contributed by atoms with Crippen LogP contribution in [-0.2, 0) is 4.79 Å². The molecule has 0 aliphatic carbocycles. The lowest BCUT2D eigenvalue weighted by molar-refractivity contribution is -0.816. The van der Waals surface area contributed by atoms with Crippen molar-refractivity contribution in [1.82, 2.24) is 5.32 Å². The van der Waals surface area contributed by atoms with Gasteiger partial charge in [-0.3, -0.25) is 0 Å². The minimum absolute atomic E-state index is 0.116. The second-order valence-corrected chi connectivity index (χ2v) is 6.86. The Kier molecular flexibility index (Phi) is 4.28. The quantitative estimate of drug-likeness (QED) is 0.420. The van der Waals surface area contributed by atoms with Crippen LogP contribution in [0.1, 0.15) is 26.2 Å². The zero-order chi connectivity index (χ0) is 13.3. The summed E-state index contributed by atoms with van der Waals surface area (Å²) in [4.78, 5) is 24.3. The Hall–Kier alpha value is -0.210. The topological polar surface area (TPSA) is 66.4 Å². The molecule has 4 atom stereocenters. The number of hydrogen-bond acceptors (Lipinski definition) is 3. The fourth-order valence-electron chi connectivity index (χ4n) is 3.23. The highest BCUT2D eigenvalue weighted by Gasteiger charge is 2.57. The number of nitrogens with one attached hydrogen (secondary N) is 1. The maximum Gasteiger partial charge on any atom is 0.521 e. The van der Waals surface area contributed by atoms with Gasteiger partial charge in [-0.05, 0) is 25.8 Å². The van der Waals surface area contributed by atoms with E-state index in [1.54, 1.807) is 0 Å². The van der Waals surface area contributed by atoms with Crippen LogP contribution < -0.4 is 5.32 Å². The van der Waals surface area contributed by atoms with Gasteiger partial charge in [0, 0.05) is 12.5 Å². The third kappa shape index (κ3) is 2.18. The van der Waals surface area contributed by atoms with Crippen molar-refractivity contribution < 1.29 is 19.2 Å². The molecule has 0 aromatic heterocycles. The highest BCUT2D eigenvalue weighted by atomic mass is 127. The van der Waals surface area contributed by atoms with Gasteiger partial charge < -0.3 is 10.4 Å². The number of amides is 2. The van der Waals surface area contributed by atoms with Crippen LogP contribution in [0.2, 0.25) is 0 Å². The summed E-state index contributed by atoms with van der Waals surface area (Å²) in [6.45, 7) is 4.06. The van der Waals surface area contributed by atoms with E-state index in [2.05, 4.69) is 34.8 Å². The van der Waals surface area contributed by atoms with Gasteiger partial charge in [-0.15, -0.1) is 0 Å². The smallest absolute Gasteiger partial charge is 0.435 e. The Morgan fingerprint density at radius 3 is 2.83 bits per heavy atom. The van der Waals surface area contributed by atoms with Gasteiger partial charge in [-0.1, -0.05) is 29.5 Å². The average molecular weight is 367 g/mol. The monoisotopic (exact) mass is 367 g/mol. The van der Waals surface area contributed by atoms with Gasteiger partial charge in [0.25, 0.3) is 0 Å². The number of piperidine rings is 2. The molecule has 2 fully saturated rings. The van der Waals surface area contributed by atoms with E-state index in [1.165, 1.54) is 0 Å². The van der Waals surface area contributed by atoms with Crippen molar-refractivity contribution in [2.45, 2.75) is 36.2 Å². The molecular weight excluding hydrogens is 347 g/mol. The molecule has 0 bridgehead atoms. The molecule has 2 amide bonds. The second kappa shape index (κ2) is 5.42. The maximum atomic E-state index is 12.5. The predicted octanol–water partition coefficient (Wildman–Crippen LogP) is 1.60. The van der Waals surface area contributed by atoms with Gasteiger partial charge in [-0.25, -0.2) is 4.79 Å². The molecule has 0 aromatic carbocycles. The predicted molar refractivity (Wildman–Crippen MR) is 75.6 cm³/mol. The molecule has 6 heteroatoms. The Morgan fingerprint density at radius 1 is 1.50 bits per heavy atom. The van der Waals surface area contributed by atoms with Crippen LogP contribution in [0.15, 0.2) is 0 Å². The number of rotatable bonds is 1. The first kappa shape index (κ1) is 14.2. The molecule has 0 saturated carbocycles. The lowest BCUT2D eigenvalue weighted by Gasteiger charge is -2.45. The lowest BCUT2D eigenvalue weighted by atomic mass is 9.89. The van der Waals surface area contributed by atoms with E-state index >= 15 is 0 Å². The molecule has 2 rings (SSSR count). The summed E-state index contributed by atoms with van der Waals surface area (Å²) in [7, 11) is 0. The zero-order valence-corrected chi connectivity index (χ0v) is 12.7. The van der Waals surface area contributed by atoms with E-state index in [-0.39, 0.29) is 26.3 Å². The van der Waals surface area contributed by atoms with Crippen LogP contribution in [0, 0.1) is 5.92 Å². The minimum Gasteiger partial charge on any atom is -0.435 e. The normalized spacial score (nSPS) is 41.7. The number of nitrogens with zero attached hydrogens (tertiary/aromatic N) is 1. The summed E-state index contributed by atoms with van der Waals surface area (Å²) >= 11 is 2.10. The van der Waals surface area contributed by atoms with Crippen LogP contribution in [-0.4, -0.2) is 51.2 Å². The summed E-state index contributed by atoms with van der Waals surface area (Å²) in [6, 6.07) is -0.124. The van der Waals surface area contributed by atoms with Crippen molar-refractivity contribution in [3.05, 3.63) is 0 Å². The first-order chi connectivity index (χ1) is 8.50. The van der Waals surface area contributed by atoms with E-state index in [4.69, 9.17) is 0 Å². The molecule has 0 aromatic rings. The SMILES string of the molecule is CC1CCNCC1[N+]1(C(=O)O)CCCC(I)C1=O. The van der Waals surface area contributed by atoms with Gasteiger partial charge in [0.15, 0.2) is 0 Å². The van der Waals surface area contributed by atoms with Crippen molar-refractivity contribution >= 4 is 34.6 Å². The van der Waals surface area contributed by atoms with Crippen molar-refractivity contribution in [3.63, 3.8) is 0 Å². The van der Waals surface area contributed by atoms with E-state index < -0.39 is 6.09 Å². The van der Waals surface area contributed by atoms with Gasteiger partial charge >= 0.3 is 12.0 Å². The highest BCUT2D eigenvalue weighted by molar-refractivity contribution is 14.1. The number of quaternary nitrogens is 1. The number of likely N-dealkylation sites (tertiary alicyclic amines) is 1. The van der Waals surface area contributed by atoms with Crippen LogP contribution in [0.25, 0.3) is 0 Å². The molecule has 2 heterocycles. The second-order valence-electron chi connectivity index (χ2n) is 5.36. The van der Waals surface area contributed by atoms with Crippen LogP contribution >= 0.6 is 22.6 Å². The van der Waals surface area contributed by atoms with Crippen LogP contribution in [0.5, 0.6) is 0 Å². The van der Waals surface area contributed by atoms with Gasteiger partial charge in [0.1, 0.15) is 9.97 Å². The van der Waals surface area contributed by atoms with Gasteiger partial charge in [0.05, 0.1) is 6.54 Å². The summed E-state index contributed by atoms with van der Waals surface area (Å²) in [5, 5.41) is 12.9. The van der Waals surface area contributed by atoms with Crippen molar-refractivity contribution in [2.24, 2.45) is 5.92 Å². The average Bonchev–Trinajstić information content (AvgIpc) is 2.33. The molecule has 102 valence electrons. The summed E-state index contributed by atoms with van der Waals surface area (Å²) in [5.41, 5.74) is 0. The fourth-order valence-corrected chi connectivity index (χ4v) is 4.17. The van der Waals surface area contributed by atoms with Crippen molar-refractivity contribution in [3.8, 4) is 0 Å². The fraction of sp³-hybridized carbons (Fsp3) is 0.833. The van der Waals surface area contributed by atoms with Gasteiger partial charge in [-0.2, -0.15) is 9.28 Å². The molecule has 18 heavy (non-hydrogen) atoms. The van der Waals surface area contributed by atoms with Gasteiger partial charge in [0.2, 0.25) is 0 Å². The number of hydrogen-bond donors (Lipinski definition) is 2. The minimum atomic E-state index is -0.970. The largest absolute Gasteiger partial charge is 0.521 e. The summed E-state index contributed by atoms with van der Waals surface area (Å²) in [5.74, 6) is 0.155. The highest BCUT2D eigenvalue weighted by Crippen LogP contribution is 2.33. The van der Waals surface area contributed by atoms with E-state index in [0.717, 1.165) is 25.8 Å².